The number of para-hydroxylation sites is 1. The first-order valence-corrected chi connectivity index (χ1v) is 11.5. The molecule has 178 valence electrons. The van der Waals surface area contributed by atoms with Crippen molar-refractivity contribution >= 4 is 22.7 Å². The molecule has 5 aromatic rings. The molecule has 0 aliphatic carbocycles. The highest BCUT2D eigenvalue weighted by atomic mass is 16.4. The van der Waals surface area contributed by atoms with Crippen LogP contribution in [0.25, 0.3) is 22.2 Å². The quantitative estimate of drug-likeness (QED) is 0.402. The minimum atomic E-state index is -2.16. The number of carbonyl (C=O) groups is 1. The van der Waals surface area contributed by atoms with Gasteiger partial charge in [-0.05, 0) is 28.8 Å². The summed E-state index contributed by atoms with van der Waals surface area (Å²) < 4.78 is 6.52. The van der Waals surface area contributed by atoms with E-state index < -0.39 is 17.3 Å². The maximum absolute atomic E-state index is 14.0. The summed E-state index contributed by atoms with van der Waals surface area (Å²) in [6.45, 7) is 0.215. The highest BCUT2D eigenvalue weighted by molar-refractivity contribution is 6.09. The zero-order valence-corrected chi connectivity index (χ0v) is 19.4. The van der Waals surface area contributed by atoms with E-state index in [1.807, 2.05) is 54.6 Å². The number of benzene rings is 4. The summed E-state index contributed by atoms with van der Waals surface area (Å²) in [4.78, 5) is 27.5. The van der Waals surface area contributed by atoms with Crippen molar-refractivity contribution in [3.05, 3.63) is 118 Å². The zero-order chi connectivity index (χ0) is 25.0. The molecule has 4 aromatic carbocycles. The van der Waals surface area contributed by atoms with Crippen LogP contribution in [0.15, 0.2) is 100 Å². The molecule has 7 heteroatoms. The largest absolute Gasteiger partial charge is 0.507 e. The number of phenolic OH excluding ortho intramolecular Hbond substituents is 1. The fourth-order valence-electron chi connectivity index (χ4n) is 5.03. The van der Waals surface area contributed by atoms with Crippen LogP contribution in [0.3, 0.4) is 0 Å². The third-order valence-electron chi connectivity index (χ3n) is 6.87. The lowest BCUT2D eigenvalue weighted by Crippen LogP contribution is -2.41. The Balaban J connectivity index is 1.49. The second-order valence-corrected chi connectivity index (χ2v) is 8.91. The molecule has 2 heterocycles. The molecule has 1 aromatic heterocycles. The van der Waals surface area contributed by atoms with Crippen LogP contribution in [0, 0.1) is 0 Å². The van der Waals surface area contributed by atoms with E-state index in [1.165, 1.54) is 28.6 Å². The summed E-state index contributed by atoms with van der Waals surface area (Å²) >= 11 is 0. The van der Waals surface area contributed by atoms with E-state index >= 15 is 0 Å². The van der Waals surface area contributed by atoms with Crippen molar-refractivity contribution in [1.82, 2.24) is 4.57 Å². The number of hydrogen-bond donors (Lipinski definition) is 2. The molecule has 6 rings (SSSR count). The highest BCUT2D eigenvalue weighted by Crippen LogP contribution is 2.48. The summed E-state index contributed by atoms with van der Waals surface area (Å²) in [7, 11) is 1.52. The first-order valence-electron chi connectivity index (χ1n) is 11.5. The number of aryl methyl sites for hydroxylation is 1. The zero-order valence-electron chi connectivity index (χ0n) is 19.4. The number of hydrogen-bond acceptors (Lipinski definition) is 5. The van der Waals surface area contributed by atoms with Gasteiger partial charge in [-0.1, -0.05) is 72.8 Å². The number of aromatic hydroxyl groups is 1. The lowest BCUT2D eigenvalue weighted by atomic mass is 9.86. The first-order chi connectivity index (χ1) is 17.4. The van der Waals surface area contributed by atoms with Gasteiger partial charge >= 0.3 is 5.76 Å². The smallest absolute Gasteiger partial charge is 0.419 e. The summed E-state index contributed by atoms with van der Waals surface area (Å²) in [5.74, 6) is -1.51. The van der Waals surface area contributed by atoms with Crippen molar-refractivity contribution in [2.24, 2.45) is 7.05 Å². The minimum absolute atomic E-state index is 0.0411. The van der Waals surface area contributed by atoms with Crippen LogP contribution in [0.4, 0.5) is 5.69 Å². The van der Waals surface area contributed by atoms with E-state index in [2.05, 4.69) is 0 Å². The van der Waals surface area contributed by atoms with Crippen molar-refractivity contribution < 1.29 is 19.4 Å². The van der Waals surface area contributed by atoms with Gasteiger partial charge in [0, 0.05) is 24.2 Å². The van der Waals surface area contributed by atoms with Crippen molar-refractivity contribution in [1.29, 1.82) is 0 Å². The van der Waals surface area contributed by atoms with Gasteiger partial charge in [0.2, 0.25) is 5.60 Å². The molecule has 1 unspecified atom stereocenters. The lowest BCUT2D eigenvalue weighted by molar-refractivity contribution is -0.132. The molecule has 1 atom stereocenters. The normalized spacial score (nSPS) is 17.1. The number of aliphatic hydroxyl groups is 1. The van der Waals surface area contributed by atoms with Crippen LogP contribution in [0.1, 0.15) is 16.7 Å². The number of anilines is 1. The van der Waals surface area contributed by atoms with E-state index in [1.54, 1.807) is 24.3 Å². The number of amides is 1. The predicted octanol–water partition coefficient (Wildman–Crippen LogP) is 4.29. The molecular formula is C29H22N2O5. The Morgan fingerprint density at radius 2 is 1.56 bits per heavy atom. The van der Waals surface area contributed by atoms with Gasteiger partial charge in [0.05, 0.1) is 17.7 Å². The number of phenols is 1. The minimum Gasteiger partial charge on any atom is -0.507 e. The Hall–Kier alpha value is -4.62. The summed E-state index contributed by atoms with van der Waals surface area (Å²) in [6, 6.07) is 27.4. The van der Waals surface area contributed by atoms with Gasteiger partial charge in [-0.2, -0.15) is 0 Å². The molecule has 7 nitrogen and oxygen atoms in total. The van der Waals surface area contributed by atoms with E-state index in [4.69, 9.17) is 4.42 Å². The predicted molar refractivity (Wildman–Crippen MR) is 136 cm³/mol. The van der Waals surface area contributed by atoms with Crippen LogP contribution >= 0.6 is 0 Å². The second kappa shape index (κ2) is 7.96. The maximum Gasteiger partial charge on any atom is 0.419 e. The topological polar surface area (TPSA) is 95.9 Å². The van der Waals surface area contributed by atoms with Gasteiger partial charge in [0.1, 0.15) is 5.75 Å². The van der Waals surface area contributed by atoms with E-state index in [0.717, 1.165) is 16.7 Å². The monoisotopic (exact) mass is 478 g/mol. The third kappa shape index (κ3) is 3.10. The maximum atomic E-state index is 14.0. The number of oxazole rings is 1. The Labute approximate surface area is 206 Å². The van der Waals surface area contributed by atoms with Gasteiger partial charge in [0.15, 0.2) is 5.58 Å². The van der Waals surface area contributed by atoms with Crippen molar-refractivity contribution in [3.8, 4) is 16.9 Å². The van der Waals surface area contributed by atoms with Crippen LogP contribution < -0.4 is 10.7 Å². The van der Waals surface area contributed by atoms with Crippen molar-refractivity contribution in [2.75, 3.05) is 4.90 Å². The first kappa shape index (κ1) is 21.9. The van der Waals surface area contributed by atoms with Gasteiger partial charge in [-0.3, -0.25) is 9.36 Å². The molecule has 1 amide bonds. The van der Waals surface area contributed by atoms with Crippen LogP contribution in [-0.2, 0) is 24.0 Å². The van der Waals surface area contributed by atoms with E-state index in [0.29, 0.717) is 16.8 Å². The van der Waals surface area contributed by atoms with Gasteiger partial charge in [-0.15, -0.1) is 0 Å². The fraction of sp³-hybridized carbons (Fsp3) is 0.103. The van der Waals surface area contributed by atoms with E-state index in [9.17, 15) is 19.8 Å². The molecule has 0 radical (unpaired) electrons. The number of nitrogens with zero attached hydrogens (tertiary/aromatic N) is 2. The number of fused-ring (bicyclic) bond motifs is 2. The fourth-order valence-corrected chi connectivity index (χ4v) is 5.03. The van der Waals surface area contributed by atoms with Crippen molar-refractivity contribution in [2.45, 2.75) is 12.1 Å². The van der Waals surface area contributed by atoms with E-state index in [-0.39, 0.29) is 23.4 Å². The number of carbonyl (C=O) groups excluding carboxylic acids is 1. The Morgan fingerprint density at radius 3 is 2.36 bits per heavy atom. The average Bonchev–Trinajstić information content (AvgIpc) is 3.30. The standard InChI is InChI=1S/C29H22N2O5/c1-30-24-16-25(32)22(15-26(24)36-28(30)34)29(35)21-13-7-8-14-23(21)31(27(29)33)17-19-11-5-6-12-20(19)18-9-3-2-4-10-18/h2-16,32,35H,17H2,1H3. The van der Waals surface area contributed by atoms with Crippen LogP contribution in [0.5, 0.6) is 5.75 Å². The molecule has 0 spiro atoms. The molecule has 36 heavy (non-hydrogen) atoms. The van der Waals surface area contributed by atoms with Crippen LogP contribution in [-0.4, -0.2) is 20.7 Å². The van der Waals surface area contributed by atoms with Crippen molar-refractivity contribution in [3.63, 3.8) is 0 Å². The molecule has 0 saturated heterocycles. The third-order valence-corrected chi connectivity index (χ3v) is 6.87. The molecule has 0 fully saturated rings. The summed E-state index contributed by atoms with van der Waals surface area (Å²) in [5.41, 5.74) is 2.12. The van der Waals surface area contributed by atoms with Crippen LogP contribution in [0.2, 0.25) is 0 Å². The molecule has 1 aliphatic rings. The molecule has 0 saturated carbocycles. The number of rotatable bonds is 4. The molecule has 2 N–H and O–H groups in total. The second-order valence-electron chi connectivity index (χ2n) is 8.91. The Bertz CT molecular complexity index is 1700. The average molecular weight is 479 g/mol. The number of aromatic nitrogens is 1. The lowest BCUT2D eigenvalue weighted by Gasteiger charge is -2.25. The Morgan fingerprint density at radius 1 is 0.861 bits per heavy atom. The summed E-state index contributed by atoms with van der Waals surface area (Å²) in [5, 5.41) is 22.8. The SMILES string of the molecule is Cn1c(=O)oc2cc(C3(O)C(=O)N(Cc4ccccc4-c4ccccc4)c4ccccc43)c(O)cc21. The van der Waals surface area contributed by atoms with Gasteiger partial charge < -0.3 is 19.5 Å². The van der Waals surface area contributed by atoms with Gasteiger partial charge in [0.25, 0.3) is 5.91 Å². The highest BCUT2D eigenvalue weighted by Gasteiger charge is 2.52. The van der Waals surface area contributed by atoms with Gasteiger partial charge in [-0.25, -0.2) is 4.79 Å². The molecular weight excluding hydrogens is 456 g/mol. The molecule has 0 bridgehead atoms. The summed E-state index contributed by atoms with van der Waals surface area (Å²) in [6.07, 6.45) is 0. The Kier molecular flexibility index (Phi) is 4.84. The molecule has 1 aliphatic heterocycles.